The molecule has 34 heavy (non-hydrogen) atoms. The number of ether oxygens (including phenoxy) is 1. The fourth-order valence-electron chi connectivity index (χ4n) is 3.89. The number of benzene rings is 2. The Morgan fingerprint density at radius 3 is 2.50 bits per heavy atom. The Hall–Kier alpha value is -3.79. The van der Waals surface area contributed by atoms with Crippen LogP contribution in [0.25, 0.3) is 0 Å². The zero-order valence-corrected chi connectivity index (χ0v) is 19.5. The van der Waals surface area contributed by atoms with Crippen LogP contribution in [0.15, 0.2) is 70.5 Å². The smallest absolute Gasteiger partial charge is 0.264 e. The van der Waals surface area contributed by atoms with Gasteiger partial charge in [-0.3, -0.25) is 14.3 Å². The SMILES string of the molecule is COc1ccccc1NS(=O)(=O)c1cc(NC(=O)c2ccc(=O)[nH]c2)ccc1N1CCCCC1. The lowest BCUT2D eigenvalue weighted by molar-refractivity contribution is 0.102. The number of nitrogens with zero attached hydrogens (tertiary/aromatic N) is 1. The van der Waals surface area contributed by atoms with Gasteiger partial charge in [-0.25, -0.2) is 8.42 Å². The third-order valence-corrected chi connectivity index (χ3v) is 7.00. The number of sulfonamides is 1. The van der Waals surface area contributed by atoms with E-state index in [-0.39, 0.29) is 16.0 Å². The summed E-state index contributed by atoms with van der Waals surface area (Å²) in [6.45, 7) is 1.50. The molecule has 3 N–H and O–H groups in total. The number of carbonyl (C=O) groups is 1. The predicted octanol–water partition coefficient (Wildman–Crippen LogP) is 3.43. The summed E-state index contributed by atoms with van der Waals surface area (Å²) in [7, 11) is -2.55. The van der Waals surface area contributed by atoms with Crippen LogP contribution in [0, 0.1) is 0 Å². The van der Waals surface area contributed by atoms with Crippen molar-refractivity contribution >= 4 is 33.0 Å². The quantitative estimate of drug-likeness (QED) is 0.475. The van der Waals surface area contributed by atoms with E-state index in [2.05, 4.69) is 15.0 Å². The first-order valence-electron chi connectivity index (χ1n) is 10.9. The maximum absolute atomic E-state index is 13.5. The van der Waals surface area contributed by atoms with E-state index in [1.807, 2.05) is 4.90 Å². The molecule has 1 saturated heterocycles. The lowest BCUT2D eigenvalue weighted by atomic mass is 10.1. The van der Waals surface area contributed by atoms with E-state index in [0.717, 1.165) is 32.4 Å². The summed E-state index contributed by atoms with van der Waals surface area (Å²) in [4.78, 5) is 28.4. The molecular formula is C24H26N4O5S. The second-order valence-electron chi connectivity index (χ2n) is 7.93. The molecule has 0 aliphatic carbocycles. The molecule has 0 saturated carbocycles. The number of methoxy groups -OCH3 is 1. The number of rotatable bonds is 7. The van der Waals surface area contributed by atoms with Gasteiger partial charge < -0.3 is 19.9 Å². The largest absolute Gasteiger partial charge is 0.495 e. The molecule has 0 radical (unpaired) electrons. The van der Waals surface area contributed by atoms with Crippen molar-refractivity contribution < 1.29 is 17.9 Å². The zero-order chi connectivity index (χ0) is 24.1. The molecule has 1 aliphatic heterocycles. The van der Waals surface area contributed by atoms with Crippen molar-refractivity contribution in [2.75, 3.05) is 35.1 Å². The summed E-state index contributed by atoms with van der Waals surface area (Å²) >= 11 is 0. The highest BCUT2D eigenvalue weighted by Crippen LogP contribution is 2.33. The van der Waals surface area contributed by atoms with Crippen molar-refractivity contribution in [3.8, 4) is 5.75 Å². The molecule has 0 spiro atoms. The number of anilines is 3. The van der Waals surface area contributed by atoms with Gasteiger partial charge in [-0.1, -0.05) is 12.1 Å². The number of hydrogen-bond donors (Lipinski definition) is 3. The van der Waals surface area contributed by atoms with Crippen LogP contribution >= 0.6 is 0 Å². The van der Waals surface area contributed by atoms with Gasteiger partial charge in [-0.15, -0.1) is 0 Å². The molecule has 1 amide bonds. The highest BCUT2D eigenvalue weighted by molar-refractivity contribution is 7.93. The van der Waals surface area contributed by atoms with Crippen LogP contribution in [0.2, 0.25) is 0 Å². The molecular weight excluding hydrogens is 456 g/mol. The molecule has 1 aromatic heterocycles. The molecule has 0 atom stereocenters. The summed E-state index contributed by atoms with van der Waals surface area (Å²) in [5, 5.41) is 2.71. The number of amides is 1. The van der Waals surface area contributed by atoms with Crippen LogP contribution in [-0.2, 0) is 10.0 Å². The number of piperidine rings is 1. The number of hydrogen-bond acceptors (Lipinski definition) is 6. The number of nitrogens with one attached hydrogen (secondary N) is 3. The van der Waals surface area contributed by atoms with E-state index in [1.54, 1.807) is 36.4 Å². The van der Waals surface area contributed by atoms with E-state index < -0.39 is 15.9 Å². The maximum Gasteiger partial charge on any atom is 0.264 e. The van der Waals surface area contributed by atoms with Crippen LogP contribution in [0.3, 0.4) is 0 Å². The minimum absolute atomic E-state index is 0.0552. The molecule has 1 aliphatic rings. The van der Waals surface area contributed by atoms with Gasteiger partial charge in [0.05, 0.1) is 24.0 Å². The third-order valence-electron chi connectivity index (χ3n) is 5.60. The van der Waals surface area contributed by atoms with Gasteiger partial charge in [0, 0.05) is 31.0 Å². The summed E-state index contributed by atoms with van der Waals surface area (Å²) < 4.78 is 35.0. The van der Waals surface area contributed by atoms with E-state index in [4.69, 9.17) is 4.74 Å². The minimum atomic E-state index is -4.02. The zero-order valence-electron chi connectivity index (χ0n) is 18.7. The Morgan fingerprint density at radius 1 is 1.03 bits per heavy atom. The summed E-state index contributed by atoms with van der Waals surface area (Å²) in [5.41, 5.74) is 1.13. The molecule has 0 bridgehead atoms. The number of carbonyl (C=O) groups excluding carboxylic acids is 1. The Kier molecular flexibility index (Phi) is 6.87. The molecule has 10 heteroatoms. The molecule has 178 valence electrons. The number of aromatic nitrogens is 1. The predicted molar refractivity (Wildman–Crippen MR) is 131 cm³/mol. The summed E-state index contributed by atoms with van der Waals surface area (Å²) in [6, 6.07) is 14.3. The Bertz CT molecular complexity index is 1330. The van der Waals surface area contributed by atoms with Crippen molar-refractivity contribution in [2.24, 2.45) is 0 Å². The molecule has 2 heterocycles. The topological polar surface area (TPSA) is 121 Å². The number of aromatic amines is 1. The first-order chi connectivity index (χ1) is 16.4. The van der Waals surface area contributed by atoms with Gasteiger partial charge in [0.2, 0.25) is 5.56 Å². The second-order valence-corrected chi connectivity index (χ2v) is 9.58. The van der Waals surface area contributed by atoms with Crippen LogP contribution in [0.1, 0.15) is 29.6 Å². The Labute approximate surface area is 197 Å². The van der Waals surface area contributed by atoms with Crippen molar-refractivity contribution in [3.63, 3.8) is 0 Å². The third kappa shape index (κ3) is 5.23. The van der Waals surface area contributed by atoms with Crippen LogP contribution < -0.4 is 25.2 Å². The fourth-order valence-corrected chi connectivity index (χ4v) is 5.21. The molecule has 2 aromatic carbocycles. The lowest BCUT2D eigenvalue weighted by Gasteiger charge is -2.30. The second kappa shape index (κ2) is 10.0. The number of H-pyrrole nitrogens is 1. The highest BCUT2D eigenvalue weighted by Gasteiger charge is 2.25. The highest BCUT2D eigenvalue weighted by atomic mass is 32.2. The normalized spacial score (nSPS) is 13.9. The van der Waals surface area contributed by atoms with E-state index >= 15 is 0 Å². The van der Waals surface area contributed by atoms with E-state index in [1.165, 1.54) is 31.5 Å². The maximum atomic E-state index is 13.5. The van der Waals surface area contributed by atoms with Gasteiger partial charge in [0.25, 0.3) is 15.9 Å². The average Bonchev–Trinajstić information content (AvgIpc) is 2.85. The van der Waals surface area contributed by atoms with Gasteiger partial charge in [0.1, 0.15) is 10.6 Å². The van der Waals surface area contributed by atoms with Crippen molar-refractivity contribution in [1.82, 2.24) is 4.98 Å². The number of para-hydroxylation sites is 2. The molecule has 0 unspecified atom stereocenters. The first-order valence-corrected chi connectivity index (χ1v) is 12.4. The monoisotopic (exact) mass is 482 g/mol. The minimum Gasteiger partial charge on any atom is -0.495 e. The van der Waals surface area contributed by atoms with Gasteiger partial charge >= 0.3 is 0 Å². The van der Waals surface area contributed by atoms with E-state index in [0.29, 0.717) is 22.8 Å². The Morgan fingerprint density at radius 2 is 1.79 bits per heavy atom. The van der Waals surface area contributed by atoms with Gasteiger partial charge in [-0.2, -0.15) is 0 Å². The standard InChI is InChI=1S/C24H26N4O5S/c1-33-21-8-4-3-7-19(21)27-34(31,32)22-15-18(10-11-20(22)28-13-5-2-6-14-28)26-24(30)17-9-12-23(29)25-16-17/h3-4,7-12,15-16,27H,2,5-6,13-14H2,1H3,(H,25,29)(H,26,30). The van der Waals surface area contributed by atoms with Crippen molar-refractivity contribution in [3.05, 3.63) is 76.7 Å². The van der Waals surface area contributed by atoms with Crippen LogP contribution in [0.4, 0.5) is 17.1 Å². The average molecular weight is 483 g/mol. The first kappa shape index (κ1) is 23.4. The summed E-state index contributed by atoms with van der Waals surface area (Å²) in [6.07, 6.45) is 4.36. The lowest BCUT2D eigenvalue weighted by Crippen LogP contribution is -2.31. The van der Waals surface area contributed by atoms with Gasteiger partial charge in [-0.05, 0) is 55.7 Å². The summed E-state index contributed by atoms with van der Waals surface area (Å²) in [5.74, 6) is -0.0730. The molecule has 9 nitrogen and oxygen atoms in total. The number of pyridine rings is 1. The Balaban J connectivity index is 1.70. The molecule has 1 fully saturated rings. The van der Waals surface area contributed by atoms with Gasteiger partial charge in [0.15, 0.2) is 0 Å². The van der Waals surface area contributed by atoms with Crippen molar-refractivity contribution in [1.29, 1.82) is 0 Å². The van der Waals surface area contributed by atoms with E-state index in [9.17, 15) is 18.0 Å². The fraction of sp³-hybridized carbons (Fsp3) is 0.250. The van der Waals surface area contributed by atoms with Crippen LogP contribution in [-0.4, -0.2) is 39.5 Å². The van der Waals surface area contributed by atoms with Crippen LogP contribution in [0.5, 0.6) is 5.75 Å². The molecule has 3 aromatic rings. The van der Waals surface area contributed by atoms with Crippen molar-refractivity contribution in [2.45, 2.75) is 24.2 Å². The molecule has 4 rings (SSSR count).